The smallest absolute Gasteiger partial charge is 0.120 e. The number of benzene rings is 2. The van der Waals surface area contributed by atoms with Crippen LogP contribution in [0.15, 0.2) is 42.5 Å². The Kier molecular flexibility index (Phi) is 3.95. The number of rotatable bonds is 4. The van der Waals surface area contributed by atoms with Crippen molar-refractivity contribution in [3.05, 3.63) is 53.6 Å². The molecule has 2 rings (SSSR count). The molecule has 3 heteroatoms. The Morgan fingerprint density at radius 1 is 1.05 bits per heavy atom. The summed E-state index contributed by atoms with van der Waals surface area (Å²) in [5.41, 5.74) is 4.28. The third-order valence-corrected chi connectivity index (χ3v) is 3.10. The van der Waals surface area contributed by atoms with Gasteiger partial charge in [0.15, 0.2) is 0 Å². The number of anilines is 2. The van der Waals surface area contributed by atoms with Crippen molar-refractivity contribution < 1.29 is 5.11 Å². The zero-order valence-corrected chi connectivity index (χ0v) is 11.6. The molecule has 0 aromatic heterocycles. The maximum Gasteiger partial charge on any atom is 0.120 e. The van der Waals surface area contributed by atoms with E-state index in [0.29, 0.717) is 12.3 Å². The molecule has 0 amide bonds. The van der Waals surface area contributed by atoms with Crippen LogP contribution in [-0.4, -0.2) is 19.2 Å². The molecule has 0 radical (unpaired) electrons. The molecule has 0 aliphatic rings. The fourth-order valence-corrected chi connectivity index (χ4v) is 1.93. The summed E-state index contributed by atoms with van der Waals surface area (Å²) in [6, 6.07) is 13.9. The van der Waals surface area contributed by atoms with Crippen molar-refractivity contribution in [1.29, 1.82) is 0 Å². The van der Waals surface area contributed by atoms with E-state index in [4.69, 9.17) is 0 Å². The van der Waals surface area contributed by atoms with Crippen LogP contribution in [0.3, 0.4) is 0 Å². The zero-order chi connectivity index (χ0) is 13.8. The van der Waals surface area contributed by atoms with Crippen molar-refractivity contribution in [1.82, 2.24) is 0 Å². The molecule has 0 heterocycles. The van der Waals surface area contributed by atoms with Gasteiger partial charge in [-0.1, -0.05) is 17.7 Å². The van der Waals surface area contributed by atoms with Crippen molar-refractivity contribution in [3.8, 4) is 5.75 Å². The molecule has 0 saturated heterocycles. The van der Waals surface area contributed by atoms with Gasteiger partial charge < -0.3 is 15.3 Å². The number of phenols is 1. The molecule has 0 saturated carbocycles. The first-order chi connectivity index (χ1) is 9.06. The van der Waals surface area contributed by atoms with E-state index in [1.165, 1.54) is 5.69 Å². The SMILES string of the molecule is Cc1ccc(O)c(CNc2ccc(N(C)C)cc2)c1. The molecule has 0 bridgehead atoms. The summed E-state index contributed by atoms with van der Waals surface area (Å²) in [7, 11) is 4.04. The maximum absolute atomic E-state index is 9.78. The van der Waals surface area contributed by atoms with Gasteiger partial charge in [-0.25, -0.2) is 0 Å². The molecule has 100 valence electrons. The fourth-order valence-electron chi connectivity index (χ4n) is 1.93. The lowest BCUT2D eigenvalue weighted by molar-refractivity contribution is 0.469. The van der Waals surface area contributed by atoms with Crippen LogP contribution >= 0.6 is 0 Å². The van der Waals surface area contributed by atoms with Gasteiger partial charge in [-0.2, -0.15) is 0 Å². The van der Waals surface area contributed by atoms with E-state index < -0.39 is 0 Å². The first kappa shape index (κ1) is 13.3. The highest BCUT2D eigenvalue weighted by molar-refractivity contribution is 5.54. The molecule has 0 spiro atoms. The summed E-state index contributed by atoms with van der Waals surface area (Å²) < 4.78 is 0. The molecule has 2 aromatic carbocycles. The van der Waals surface area contributed by atoms with E-state index in [9.17, 15) is 5.11 Å². The second-order valence-corrected chi connectivity index (χ2v) is 4.93. The first-order valence-corrected chi connectivity index (χ1v) is 6.36. The summed E-state index contributed by atoms with van der Waals surface area (Å²) >= 11 is 0. The monoisotopic (exact) mass is 256 g/mol. The van der Waals surface area contributed by atoms with Gasteiger partial charge in [-0.05, 0) is 37.3 Å². The van der Waals surface area contributed by atoms with Gasteiger partial charge in [0.2, 0.25) is 0 Å². The molecule has 2 aromatic rings. The van der Waals surface area contributed by atoms with Crippen LogP contribution < -0.4 is 10.2 Å². The van der Waals surface area contributed by atoms with Crippen molar-refractivity contribution in [2.45, 2.75) is 13.5 Å². The van der Waals surface area contributed by atoms with E-state index in [1.807, 2.05) is 45.3 Å². The summed E-state index contributed by atoms with van der Waals surface area (Å²) in [5.74, 6) is 0.336. The number of hydrogen-bond donors (Lipinski definition) is 2. The minimum Gasteiger partial charge on any atom is -0.508 e. The number of nitrogens with one attached hydrogen (secondary N) is 1. The normalized spacial score (nSPS) is 10.3. The Hall–Kier alpha value is -2.16. The van der Waals surface area contributed by atoms with Crippen molar-refractivity contribution >= 4 is 11.4 Å². The van der Waals surface area contributed by atoms with E-state index in [-0.39, 0.29) is 0 Å². The summed E-state index contributed by atoms with van der Waals surface area (Å²) in [5, 5.41) is 13.1. The Bertz CT molecular complexity index is 547. The topological polar surface area (TPSA) is 35.5 Å². The van der Waals surface area contributed by atoms with Gasteiger partial charge in [0.25, 0.3) is 0 Å². The molecule has 3 nitrogen and oxygen atoms in total. The highest BCUT2D eigenvalue weighted by Gasteiger charge is 2.01. The van der Waals surface area contributed by atoms with Gasteiger partial charge in [-0.15, -0.1) is 0 Å². The van der Waals surface area contributed by atoms with Gasteiger partial charge >= 0.3 is 0 Å². The van der Waals surface area contributed by atoms with Crippen molar-refractivity contribution in [3.63, 3.8) is 0 Å². The van der Waals surface area contributed by atoms with Gasteiger partial charge in [-0.3, -0.25) is 0 Å². The van der Waals surface area contributed by atoms with E-state index in [1.54, 1.807) is 6.07 Å². The van der Waals surface area contributed by atoms with Crippen LogP contribution in [0.4, 0.5) is 11.4 Å². The molecule has 0 unspecified atom stereocenters. The molecular formula is C16H20N2O. The summed E-state index contributed by atoms with van der Waals surface area (Å²) in [4.78, 5) is 2.07. The van der Waals surface area contributed by atoms with E-state index in [2.05, 4.69) is 22.3 Å². The lowest BCUT2D eigenvalue weighted by Gasteiger charge is -2.14. The second-order valence-electron chi connectivity index (χ2n) is 4.93. The molecule has 2 N–H and O–H groups in total. The number of hydrogen-bond acceptors (Lipinski definition) is 3. The van der Waals surface area contributed by atoms with Crippen LogP contribution in [0.2, 0.25) is 0 Å². The highest BCUT2D eigenvalue weighted by Crippen LogP contribution is 2.21. The predicted octanol–water partition coefficient (Wildman–Crippen LogP) is 3.38. The van der Waals surface area contributed by atoms with Gasteiger partial charge in [0.1, 0.15) is 5.75 Å². The zero-order valence-electron chi connectivity index (χ0n) is 11.6. The third kappa shape index (κ3) is 3.41. The quantitative estimate of drug-likeness (QED) is 0.880. The summed E-state index contributed by atoms with van der Waals surface area (Å²) in [6.07, 6.45) is 0. The Morgan fingerprint density at radius 3 is 2.37 bits per heavy atom. The van der Waals surface area contributed by atoms with Gasteiger partial charge in [0.05, 0.1) is 0 Å². The number of nitrogens with zero attached hydrogens (tertiary/aromatic N) is 1. The predicted molar refractivity (Wildman–Crippen MR) is 80.9 cm³/mol. The second kappa shape index (κ2) is 5.65. The average Bonchev–Trinajstić information content (AvgIpc) is 2.40. The third-order valence-electron chi connectivity index (χ3n) is 3.10. The van der Waals surface area contributed by atoms with Crippen molar-refractivity contribution in [2.75, 3.05) is 24.3 Å². The first-order valence-electron chi connectivity index (χ1n) is 6.36. The molecule has 19 heavy (non-hydrogen) atoms. The van der Waals surface area contributed by atoms with Crippen LogP contribution in [-0.2, 0) is 6.54 Å². The van der Waals surface area contributed by atoms with Crippen molar-refractivity contribution in [2.24, 2.45) is 0 Å². The Labute approximate surface area is 114 Å². The van der Waals surface area contributed by atoms with Crippen LogP contribution in [0, 0.1) is 6.92 Å². The van der Waals surface area contributed by atoms with E-state index >= 15 is 0 Å². The highest BCUT2D eigenvalue weighted by atomic mass is 16.3. The Balaban J connectivity index is 2.04. The van der Waals surface area contributed by atoms with Crippen LogP contribution in [0.1, 0.15) is 11.1 Å². The van der Waals surface area contributed by atoms with Gasteiger partial charge in [0, 0.05) is 37.6 Å². The molecule has 0 fully saturated rings. The number of phenolic OH excluding ortho intramolecular Hbond substituents is 1. The largest absolute Gasteiger partial charge is 0.508 e. The molecule has 0 aliphatic carbocycles. The van der Waals surface area contributed by atoms with E-state index in [0.717, 1.165) is 16.8 Å². The minimum atomic E-state index is 0.336. The van der Waals surface area contributed by atoms with Crippen LogP contribution in [0.5, 0.6) is 5.75 Å². The fraction of sp³-hybridized carbons (Fsp3) is 0.250. The average molecular weight is 256 g/mol. The summed E-state index contributed by atoms with van der Waals surface area (Å²) in [6.45, 7) is 2.64. The minimum absolute atomic E-state index is 0.336. The number of aromatic hydroxyl groups is 1. The Morgan fingerprint density at radius 2 is 1.74 bits per heavy atom. The number of aryl methyl sites for hydroxylation is 1. The molecule has 0 atom stereocenters. The standard InChI is InChI=1S/C16H20N2O/c1-12-4-9-16(19)13(10-12)11-17-14-5-7-15(8-6-14)18(2)3/h4-10,17,19H,11H2,1-3H3. The molecule has 0 aliphatic heterocycles. The lowest BCUT2D eigenvalue weighted by atomic mass is 10.1. The van der Waals surface area contributed by atoms with Crippen LogP contribution in [0.25, 0.3) is 0 Å². The maximum atomic E-state index is 9.78. The molecular weight excluding hydrogens is 236 g/mol. The lowest BCUT2D eigenvalue weighted by Crippen LogP contribution is -2.08.